The third kappa shape index (κ3) is 2.19. The van der Waals surface area contributed by atoms with Crippen molar-refractivity contribution in [1.29, 1.82) is 0 Å². The zero-order valence-electron chi connectivity index (χ0n) is 9.45. The van der Waals surface area contributed by atoms with Crippen LogP contribution in [0.15, 0.2) is 6.07 Å². The lowest BCUT2D eigenvalue weighted by Crippen LogP contribution is -2.13. The van der Waals surface area contributed by atoms with E-state index in [2.05, 4.69) is 15.4 Å². The van der Waals surface area contributed by atoms with Gasteiger partial charge in [-0.1, -0.05) is 23.2 Å². The molecule has 0 aliphatic carbocycles. The van der Waals surface area contributed by atoms with E-state index in [0.29, 0.717) is 6.07 Å². The van der Waals surface area contributed by atoms with E-state index in [-0.39, 0.29) is 22.0 Å². The number of carbonyl (C=O) groups is 2. The molecule has 0 unspecified atom stereocenters. The molecule has 10 heteroatoms. The lowest BCUT2D eigenvalue weighted by Gasteiger charge is -2.09. The summed E-state index contributed by atoms with van der Waals surface area (Å²) in [4.78, 5) is 22.2. The first-order valence-corrected chi connectivity index (χ1v) is 5.72. The summed E-state index contributed by atoms with van der Waals surface area (Å²) in [5.41, 5.74) is 3.71. The number of carboxylic acid groups (broad SMARTS) is 1. The molecule has 1 heterocycles. The average Bonchev–Trinajstić information content (AvgIpc) is 2.83. The molecule has 4 N–H and O–H groups in total. The van der Waals surface area contributed by atoms with E-state index >= 15 is 0 Å². The summed E-state index contributed by atoms with van der Waals surface area (Å²) in [6, 6.07) is 0.667. The van der Waals surface area contributed by atoms with Crippen LogP contribution in [-0.4, -0.2) is 32.4 Å². The van der Waals surface area contributed by atoms with Crippen LogP contribution in [0.2, 0.25) is 10.0 Å². The minimum Gasteiger partial charge on any atom is -0.478 e. The predicted octanol–water partition coefficient (Wildman–Crippen LogP) is 1.71. The number of nitrogens with zero attached hydrogens (tertiary/aromatic N) is 2. The molecular weight excluding hydrogens is 314 g/mol. The van der Waals surface area contributed by atoms with Gasteiger partial charge in [0.1, 0.15) is 11.5 Å². The molecule has 7 nitrogen and oxygen atoms in total. The monoisotopic (exact) mass is 318 g/mol. The van der Waals surface area contributed by atoms with Crippen LogP contribution in [-0.2, 0) is 0 Å². The number of nitrogens with two attached hydrogens (primary N) is 1. The van der Waals surface area contributed by atoms with Gasteiger partial charge < -0.3 is 10.8 Å². The molecule has 0 atom stereocenters. The van der Waals surface area contributed by atoms with Crippen molar-refractivity contribution in [2.45, 2.75) is 0 Å². The number of aromatic carboxylic acids is 1. The summed E-state index contributed by atoms with van der Waals surface area (Å²) in [5.74, 6) is -3.44. The van der Waals surface area contributed by atoms with Gasteiger partial charge in [0.05, 0.1) is 15.6 Å². The Labute approximate surface area is 120 Å². The number of aromatic nitrogens is 3. The number of aromatic amines is 1. The fraction of sp³-hybridized carbons (Fsp3) is 0. The zero-order valence-corrected chi connectivity index (χ0v) is 11.0. The number of nitrogens with one attached hydrogen (secondary N) is 1. The molecule has 2 rings (SSSR count). The minimum atomic E-state index is -1.46. The molecular formula is C10H5Cl2FN4O3. The standard InChI is InChI=1S/C10H5Cl2FN4O3/c11-5-2(10(19)20)1-3(13)6(12)4(5)7-8(9(14)18)16-17-15-7/h1H,(H2,14,18)(H,19,20)(H,15,16,17). The lowest BCUT2D eigenvalue weighted by molar-refractivity contribution is 0.0696. The van der Waals surface area contributed by atoms with Crippen molar-refractivity contribution in [3.05, 3.63) is 33.2 Å². The first kappa shape index (κ1) is 14.2. The molecule has 2 aromatic rings. The van der Waals surface area contributed by atoms with Crippen molar-refractivity contribution < 1.29 is 19.1 Å². The number of benzene rings is 1. The Balaban J connectivity index is 2.83. The van der Waals surface area contributed by atoms with Crippen LogP contribution in [0.5, 0.6) is 0 Å². The molecule has 104 valence electrons. The Hall–Kier alpha value is -2.19. The smallest absolute Gasteiger partial charge is 0.337 e. The Bertz CT molecular complexity index is 732. The maximum atomic E-state index is 13.7. The summed E-state index contributed by atoms with van der Waals surface area (Å²) >= 11 is 11.6. The molecule has 1 amide bonds. The van der Waals surface area contributed by atoms with Crippen LogP contribution in [0.25, 0.3) is 11.3 Å². The highest BCUT2D eigenvalue weighted by Crippen LogP contribution is 2.38. The number of halogens is 3. The fourth-order valence-electron chi connectivity index (χ4n) is 1.54. The van der Waals surface area contributed by atoms with Gasteiger partial charge in [-0.25, -0.2) is 9.18 Å². The largest absolute Gasteiger partial charge is 0.478 e. The second-order valence-electron chi connectivity index (χ2n) is 3.60. The number of hydrogen-bond acceptors (Lipinski definition) is 4. The van der Waals surface area contributed by atoms with Crippen LogP contribution in [0.4, 0.5) is 4.39 Å². The Kier molecular flexibility index (Phi) is 3.60. The van der Waals surface area contributed by atoms with Crippen LogP contribution >= 0.6 is 23.2 Å². The predicted molar refractivity (Wildman–Crippen MR) is 67.3 cm³/mol. The van der Waals surface area contributed by atoms with Gasteiger partial charge >= 0.3 is 5.97 Å². The first-order valence-electron chi connectivity index (χ1n) is 4.96. The van der Waals surface area contributed by atoms with Gasteiger partial charge in [0.2, 0.25) is 0 Å². The lowest BCUT2D eigenvalue weighted by atomic mass is 10.1. The van der Waals surface area contributed by atoms with Crippen molar-refractivity contribution in [1.82, 2.24) is 15.4 Å². The number of carbonyl (C=O) groups excluding carboxylic acids is 1. The molecule has 1 aromatic heterocycles. The Morgan fingerprint density at radius 3 is 2.50 bits per heavy atom. The van der Waals surface area contributed by atoms with Crippen molar-refractivity contribution in [2.75, 3.05) is 0 Å². The number of H-pyrrole nitrogens is 1. The summed E-state index contributed by atoms with van der Waals surface area (Å²) in [6.07, 6.45) is 0. The quantitative estimate of drug-likeness (QED) is 0.743. The number of carboxylic acids is 1. The van der Waals surface area contributed by atoms with Crippen LogP contribution in [0.3, 0.4) is 0 Å². The van der Waals surface area contributed by atoms with Crippen molar-refractivity contribution in [3.63, 3.8) is 0 Å². The third-order valence-corrected chi connectivity index (χ3v) is 3.17. The van der Waals surface area contributed by atoms with E-state index in [4.69, 9.17) is 34.0 Å². The van der Waals surface area contributed by atoms with Gasteiger partial charge in [0, 0.05) is 5.56 Å². The Morgan fingerprint density at radius 2 is 1.95 bits per heavy atom. The maximum Gasteiger partial charge on any atom is 0.337 e. The molecule has 1 aromatic carbocycles. The number of primary amides is 1. The Morgan fingerprint density at radius 1 is 1.30 bits per heavy atom. The number of amides is 1. The van der Waals surface area contributed by atoms with Crippen LogP contribution < -0.4 is 5.73 Å². The number of rotatable bonds is 3. The van der Waals surface area contributed by atoms with E-state index in [1.54, 1.807) is 0 Å². The molecule has 0 bridgehead atoms. The molecule has 0 radical (unpaired) electrons. The molecule has 0 aliphatic heterocycles. The van der Waals surface area contributed by atoms with Gasteiger partial charge in [-0.05, 0) is 6.07 Å². The second kappa shape index (κ2) is 5.06. The summed E-state index contributed by atoms with van der Waals surface area (Å²) in [6.45, 7) is 0. The second-order valence-corrected chi connectivity index (χ2v) is 4.36. The van der Waals surface area contributed by atoms with Gasteiger partial charge in [0.25, 0.3) is 5.91 Å². The molecule has 0 aliphatic rings. The summed E-state index contributed by atoms with van der Waals surface area (Å²) in [7, 11) is 0. The van der Waals surface area contributed by atoms with Crippen molar-refractivity contribution in [3.8, 4) is 11.3 Å². The van der Waals surface area contributed by atoms with Gasteiger partial charge in [-0.15, -0.1) is 0 Å². The van der Waals surface area contributed by atoms with E-state index in [1.807, 2.05) is 0 Å². The van der Waals surface area contributed by atoms with Crippen LogP contribution in [0, 0.1) is 5.82 Å². The average molecular weight is 319 g/mol. The summed E-state index contributed by atoms with van der Waals surface area (Å²) < 4.78 is 13.7. The maximum absolute atomic E-state index is 13.7. The molecule has 0 saturated heterocycles. The highest BCUT2D eigenvalue weighted by atomic mass is 35.5. The third-order valence-electron chi connectivity index (χ3n) is 2.40. The fourth-order valence-corrected chi connectivity index (χ4v) is 2.15. The van der Waals surface area contributed by atoms with Gasteiger partial charge in [-0.3, -0.25) is 4.79 Å². The summed E-state index contributed by atoms with van der Waals surface area (Å²) in [5, 5.41) is 17.3. The SMILES string of the molecule is NC(=O)c1n[nH]nc1-c1c(Cl)c(F)cc(C(=O)O)c1Cl. The zero-order chi connectivity index (χ0) is 15.0. The molecule has 0 fully saturated rings. The minimum absolute atomic E-state index is 0.227. The molecule has 0 saturated carbocycles. The van der Waals surface area contributed by atoms with Crippen LogP contribution in [0.1, 0.15) is 20.8 Å². The van der Waals surface area contributed by atoms with E-state index in [1.165, 1.54) is 0 Å². The normalized spacial score (nSPS) is 10.6. The highest BCUT2D eigenvalue weighted by Gasteiger charge is 2.26. The van der Waals surface area contributed by atoms with Crippen molar-refractivity contribution in [2.24, 2.45) is 5.73 Å². The molecule has 20 heavy (non-hydrogen) atoms. The highest BCUT2D eigenvalue weighted by molar-refractivity contribution is 6.41. The topological polar surface area (TPSA) is 122 Å². The van der Waals surface area contributed by atoms with Gasteiger partial charge in [-0.2, -0.15) is 15.4 Å². The number of hydrogen-bond donors (Lipinski definition) is 3. The van der Waals surface area contributed by atoms with E-state index in [9.17, 15) is 14.0 Å². The van der Waals surface area contributed by atoms with Crippen molar-refractivity contribution >= 4 is 35.1 Å². The first-order chi connectivity index (χ1) is 9.34. The molecule has 0 spiro atoms. The van der Waals surface area contributed by atoms with Gasteiger partial charge in [0.15, 0.2) is 5.69 Å². The van der Waals surface area contributed by atoms with E-state index in [0.717, 1.165) is 0 Å². The van der Waals surface area contributed by atoms with E-state index < -0.39 is 28.3 Å².